The quantitative estimate of drug-likeness (QED) is 0.883. The smallest absolute Gasteiger partial charge is 0.287 e. The minimum absolute atomic E-state index is 0.0327. The molecule has 134 valence electrons. The molecular formula is C19H21F3N2O. The zero-order chi connectivity index (χ0) is 18.4. The molecule has 1 fully saturated rings. The highest BCUT2D eigenvalue weighted by molar-refractivity contribution is 5.89. The third-order valence-corrected chi connectivity index (χ3v) is 4.76. The molecule has 1 N–H and O–H groups in total. The number of nitrogens with one attached hydrogen (secondary N) is 1. The van der Waals surface area contributed by atoms with Crippen molar-refractivity contribution in [3.63, 3.8) is 0 Å². The lowest BCUT2D eigenvalue weighted by Crippen LogP contribution is -2.51. The molecule has 3 rings (SSSR count). The van der Waals surface area contributed by atoms with Crippen molar-refractivity contribution in [1.29, 1.82) is 0 Å². The summed E-state index contributed by atoms with van der Waals surface area (Å²) in [5, 5.41) is 2.46. The zero-order valence-electron chi connectivity index (χ0n) is 14.4. The first-order valence-electron chi connectivity index (χ1n) is 8.31. The Morgan fingerprint density at radius 3 is 2.36 bits per heavy atom. The number of fused-ring (bicyclic) bond motifs is 1. The maximum absolute atomic E-state index is 14.1. The van der Waals surface area contributed by atoms with Gasteiger partial charge in [0.05, 0.1) is 0 Å². The number of alkyl halides is 3. The maximum Gasteiger partial charge on any atom is 0.409 e. The zero-order valence-corrected chi connectivity index (χ0v) is 14.4. The van der Waals surface area contributed by atoms with Crippen molar-refractivity contribution in [2.24, 2.45) is 0 Å². The Kier molecular flexibility index (Phi) is 4.27. The van der Waals surface area contributed by atoms with Crippen LogP contribution in [0.4, 0.5) is 13.2 Å². The fourth-order valence-electron chi connectivity index (χ4n) is 3.65. The summed E-state index contributed by atoms with van der Waals surface area (Å²) in [4.78, 5) is 11.8. The number of hydrazine groups is 1. The molecule has 0 radical (unpaired) electrons. The lowest BCUT2D eigenvalue weighted by atomic mass is 9.91. The van der Waals surface area contributed by atoms with Crippen LogP contribution in [0.1, 0.15) is 44.4 Å². The number of hydrogen-bond donors (Lipinski definition) is 1. The molecule has 0 saturated carbocycles. The van der Waals surface area contributed by atoms with E-state index in [0.29, 0.717) is 11.8 Å². The largest absolute Gasteiger partial charge is 0.409 e. The first-order valence-corrected chi connectivity index (χ1v) is 8.31. The number of amides is 1. The van der Waals surface area contributed by atoms with Crippen LogP contribution in [-0.2, 0) is 11.2 Å². The third-order valence-electron chi connectivity index (χ3n) is 4.76. The summed E-state index contributed by atoms with van der Waals surface area (Å²) in [6.45, 7) is 5.22. The van der Waals surface area contributed by atoms with E-state index in [4.69, 9.17) is 0 Å². The van der Waals surface area contributed by atoms with Gasteiger partial charge in [0.1, 0.15) is 0 Å². The number of carbonyl (C=O) groups is 1. The molecule has 0 aliphatic carbocycles. The molecule has 1 atom stereocenters. The van der Waals surface area contributed by atoms with Gasteiger partial charge >= 0.3 is 6.18 Å². The van der Waals surface area contributed by atoms with Crippen molar-refractivity contribution in [2.45, 2.75) is 51.4 Å². The van der Waals surface area contributed by atoms with Gasteiger partial charge in [0.2, 0.25) is 5.91 Å². The van der Waals surface area contributed by atoms with Crippen molar-refractivity contribution in [3.05, 3.63) is 47.5 Å². The number of carbonyl (C=O) groups excluding carboxylic acids is 1. The van der Waals surface area contributed by atoms with E-state index in [2.05, 4.69) is 5.43 Å². The molecular weight excluding hydrogens is 329 g/mol. The van der Waals surface area contributed by atoms with Gasteiger partial charge in [-0.2, -0.15) is 18.2 Å². The van der Waals surface area contributed by atoms with Crippen LogP contribution in [0, 0.1) is 0 Å². The summed E-state index contributed by atoms with van der Waals surface area (Å²) in [7, 11) is 0. The van der Waals surface area contributed by atoms with E-state index in [9.17, 15) is 18.0 Å². The molecule has 1 aliphatic heterocycles. The van der Waals surface area contributed by atoms with Crippen molar-refractivity contribution < 1.29 is 18.0 Å². The van der Waals surface area contributed by atoms with Crippen LogP contribution in [0.3, 0.4) is 0 Å². The van der Waals surface area contributed by atoms with Gasteiger partial charge in [-0.3, -0.25) is 10.2 Å². The molecule has 1 aliphatic rings. The number of aryl methyl sites for hydroxylation is 1. The average Bonchev–Trinajstić information content (AvgIpc) is 2.78. The minimum Gasteiger partial charge on any atom is -0.287 e. The van der Waals surface area contributed by atoms with E-state index in [1.165, 1.54) is 6.07 Å². The van der Waals surface area contributed by atoms with E-state index in [-0.39, 0.29) is 12.0 Å². The maximum atomic E-state index is 14.1. The number of rotatable bonds is 3. The summed E-state index contributed by atoms with van der Waals surface area (Å²) in [6, 6.07) is 8.60. The fourth-order valence-corrected chi connectivity index (χ4v) is 3.65. The van der Waals surface area contributed by atoms with Crippen LogP contribution < -0.4 is 5.43 Å². The van der Waals surface area contributed by atoms with Crippen LogP contribution in [-0.4, -0.2) is 22.6 Å². The molecule has 1 amide bonds. The number of nitrogens with zero attached hydrogens (tertiary/aromatic N) is 1. The predicted octanol–water partition coefficient (Wildman–Crippen LogP) is 4.52. The summed E-state index contributed by atoms with van der Waals surface area (Å²) < 4.78 is 42.3. The van der Waals surface area contributed by atoms with Crippen LogP contribution in [0.5, 0.6) is 0 Å². The Morgan fingerprint density at radius 1 is 1.20 bits per heavy atom. The Hall–Kier alpha value is -2.08. The SMILES string of the molecule is CCc1cccc2cccc(C(N3NC(=O)CC3(C)C)C(F)(F)F)c12. The molecule has 1 saturated heterocycles. The van der Waals surface area contributed by atoms with Crippen molar-refractivity contribution in [2.75, 3.05) is 0 Å². The Balaban J connectivity index is 2.26. The van der Waals surface area contributed by atoms with Crippen molar-refractivity contribution >= 4 is 16.7 Å². The molecule has 6 heteroatoms. The van der Waals surface area contributed by atoms with E-state index >= 15 is 0 Å². The third kappa shape index (κ3) is 3.11. The van der Waals surface area contributed by atoms with Crippen LogP contribution in [0.2, 0.25) is 0 Å². The molecule has 3 nitrogen and oxygen atoms in total. The lowest BCUT2D eigenvalue weighted by Gasteiger charge is -2.38. The van der Waals surface area contributed by atoms with Gasteiger partial charge in [0, 0.05) is 12.0 Å². The molecule has 1 unspecified atom stereocenters. The Labute approximate surface area is 144 Å². The lowest BCUT2D eigenvalue weighted by molar-refractivity contribution is -0.203. The van der Waals surface area contributed by atoms with E-state index in [1.807, 2.05) is 31.2 Å². The van der Waals surface area contributed by atoms with Gasteiger partial charge in [-0.25, -0.2) is 0 Å². The van der Waals surface area contributed by atoms with Crippen LogP contribution >= 0.6 is 0 Å². The molecule has 1 heterocycles. The normalized spacial score (nSPS) is 19.2. The van der Waals surface area contributed by atoms with Crippen LogP contribution in [0.15, 0.2) is 36.4 Å². The topological polar surface area (TPSA) is 32.3 Å². The molecule has 2 aromatic carbocycles. The van der Waals surface area contributed by atoms with E-state index in [1.54, 1.807) is 19.9 Å². The predicted molar refractivity (Wildman–Crippen MR) is 90.8 cm³/mol. The first kappa shape index (κ1) is 17.7. The monoisotopic (exact) mass is 350 g/mol. The van der Waals surface area contributed by atoms with Crippen molar-refractivity contribution in [1.82, 2.24) is 10.4 Å². The van der Waals surface area contributed by atoms with Gasteiger partial charge in [-0.15, -0.1) is 0 Å². The highest BCUT2D eigenvalue weighted by atomic mass is 19.4. The molecule has 25 heavy (non-hydrogen) atoms. The minimum atomic E-state index is -4.52. The number of halogens is 3. The highest BCUT2D eigenvalue weighted by Crippen LogP contribution is 2.45. The van der Waals surface area contributed by atoms with Gasteiger partial charge in [-0.1, -0.05) is 43.3 Å². The first-order chi connectivity index (χ1) is 11.6. The van der Waals surface area contributed by atoms with Gasteiger partial charge < -0.3 is 0 Å². The average molecular weight is 350 g/mol. The molecule has 2 aromatic rings. The van der Waals surface area contributed by atoms with Gasteiger partial charge in [0.25, 0.3) is 0 Å². The van der Waals surface area contributed by atoms with E-state index in [0.717, 1.165) is 16.0 Å². The summed E-state index contributed by atoms with van der Waals surface area (Å²) in [5.74, 6) is -0.393. The van der Waals surface area contributed by atoms with Crippen molar-refractivity contribution in [3.8, 4) is 0 Å². The highest BCUT2D eigenvalue weighted by Gasteiger charge is 2.53. The summed E-state index contributed by atoms with van der Waals surface area (Å²) in [5.41, 5.74) is 2.54. The second-order valence-corrected chi connectivity index (χ2v) is 7.05. The number of hydrogen-bond acceptors (Lipinski definition) is 2. The summed E-state index contributed by atoms with van der Waals surface area (Å²) >= 11 is 0. The van der Waals surface area contributed by atoms with Gasteiger partial charge in [0.15, 0.2) is 6.04 Å². The second kappa shape index (κ2) is 6.02. The fraction of sp³-hybridized carbons (Fsp3) is 0.421. The second-order valence-electron chi connectivity index (χ2n) is 7.05. The Bertz CT molecular complexity index is 809. The molecule has 0 spiro atoms. The number of benzene rings is 2. The molecule has 0 bridgehead atoms. The van der Waals surface area contributed by atoms with Gasteiger partial charge in [-0.05, 0) is 42.2 Å². The summed E-state index contributed by atoms with van der Waals surface area (Å²) in [6.07, 6.45) is -3.86. The molecule has 0 aromatic heterocycles. The standard InChI is InChI=1S/C19H21F3N2O/c1-4-12-7-5-8-13-9-6-10-14(16(12)13)17(19(20,21)22)24-18(2,3)11-15(25)23-24/h5-10,17H,4,11H2,1-3H3,(H,23,25). The van der Waals surface area contributed by atoms with E-state index < -0.39 is 23.7 Å². The Morgan fingerprint density at radius 2 is 1.84 bits per heavy atom. The van der Waals surface area contributed by atoms with Crippen LogP contribution in [0.25, 0.3) is 10.8 Å².